The summed E-state index contributed by atoms with van der Waals surface area (Å²) >= 11 is 0. The lowest BCUT2D eigenvalue weighted by Crippen LogP contribution is -2.29. The van der Waals surface area contributed by atoms with Crippen molar-refractivity contribution in [2.24, 2.45) is 0 Å². The van der Waals surface area contributed by atoms with Gasteiger partial charge < -0.3 is 14.2 Å². The normalized spacial score (nSPS) is 12.8. The Hall–Kier alpha value is -3.03. The van der Waals surface area contributed by atoms with Crippen LogP contribution in [-0.2, 0) is 19.1 Å². The van der Waals surface area contributed by atoms with Crippen LogP contribution in [0.4, 0.5) is 13.2 Å². The highest BCUT2D eigenvalue weighted by Crippen LogP contribution is 2.29. The Morgan fingerprint density at radius 2 is 1.55 bits per heavy atom. The number of hydrogen-bond donors (Lipinski definition) is 0. The monoisotopic (exact) mass is 410 g/mol. The fourth-order valence-corrected chi connectivity index (χ4v) is 2.50. The number of carbonyl (C=O) groups is 2. The lowest BCUT2D eigenvalue weighted by Gasteiger charge is -2.24. The highest BCUT2D eigenvalue weighted by Gasteiger charge is 2.31. The van der Waals surface area contributed by atoms with E-state index in [4.69, 9.17) is 9.47 Å². The number of esters is 2. The zero-order valence-electron chi connectivity index (χ0n) is 16.4. The van der Waals surface area contributed by atoms with Crippen molar-refractivity contribution in [3.05, 3.63) is 54.1 Å². The first-order valence-corrected chi connectivity index (χ1v) is 8.70. The summed E-state index contributed by atoms with van der Waals surface area (Å²) in [5, 5.41) is 0. The van der Waals surface area contributed by atoms with Gasteiger partial charge in [0, 0.05) is 12.5 Å². The van der Waals surface area contributed by atoms with Crippen molar-refractivity contribution < 1.29 is 37.0 Å². The molecular weight excluding hydrogens is 389 g/mol. The summed E-state index contributed by atoms with van der Waals surface area (Å²) in [7, 11) is 0. The molecule has 156 valence electrons. The molecule has 0 aliphatic heterocycles. The Labute approximate surface area is 166 Å². The highest BCUT2D eigenvalue weighted by molar-refractivity contribution is 5.81. The fourth-order valence-electron chi connectivity index (χ4n) is 2.50. The molecule has 29 heavy (non-hydrogen) atoms. The largest absolute Gasteiger partial charge is 0.573 e. The topological polar surface area (TPSA) is 61.8 Å². The third-order valence-electron chi connectivity index (χ3n) is 3.52. The van der Waals surface area contributed by atoms with Crippen LogP contribution >= 0.6 is 0 Å². The molecule has 0 amide bonds. The summed E-state index contributed by atoms with van der Waals surface area (Å²) in [4.78, 5) is 24.0. The van der Waals surface area contributed by atoms with Crippen molar-refractivity contribution in [3.8, 4) is 16.9 Å². The van der Waals surface area contributed by atoms with Gasteiger partial charge in [-0.15, -0.1) is 13.2 Å². The van der Waals surface area contributed by atoms with Gasteiger partial charge in [-0.05, 0) is 50.1 Å². The second kappa shape index (κ2) is 8.55. The van der Waals surface area contributed by atoms with Crippen LogP contribution in [0.15, 0.2) is 48.5 Å². The molecule has 8 heteroatoms. The summed E-state index contributed by atoms with van der Waals surface area (Å²) in [5.74, 6) is -1.72. The number of carbonyl (C=O) groups excluding carboxylic acids is 2. The van der Waals surface area contributed by atoms with Crippen LogP contribution in [0, 0.1) is 0 Å². The standard InChI is InChI=1S/C21H21F3O5/c1-13(25)27-18(19(26)29-20(2,3)4)16-7-5-6-15(12-16)14-8-10-17(11-9-14)28-21(22,23)24/h5-12,18H,1-4H3/t18-/m1/s1. The summed E-state index contributed by atoms with van der Waals surface area (Å²) in [6, 6.07) is 11.8. The lowest BCUT2D eigenvalue weighted by molar-refractivity contribution is -0.274. The van der Waals surface area contributed by atoms with E-state index in [-0.39, 0.29) is 5.75 Å². The molecule has 0 N–H and O–H groups in total. The Morgan fingerprint density at radius 1 is 0.931 bits per heavy atom. The van der Waals surface area contributed by atoms with E-state index in [2.05, 4.69) is 4.74 Å². The van der Waals surface area contributed by atoms with Crippen LogP contribution in [0.3, 0.4) is 0 Å². The van der Waals surface area contributed by atoms with Crippen LogP contribution in [0.25, 0.3) is 11.1 Å². The Morgan fingerprint density at radius 3 is 2.07 bits per heavy atom. The smallest absolute Gasteiger partial charge is 0.457 e. The SMILES string of the molecule is CC(=O)O[C@@H](C(=O)OC(C)(C)C)c1cccc(-c2ccc(OC(F)(F)F)cc2)c1. The van der Waals surface area contributed by atoms with Crippen molar-refractivity contribution in [1.82, 2.24) is 0 Å². The fraction of sp³-hybridized carbons (Fsp3) is 0.333. The summed E-state index contributed by atoms with van der Waals surface area (Å²) < 4.78 is 51.2. The average molecular weight is 410 g/mol. The van der Waals surface area contributed by atoms with Crippen LogP contribution in [-0.4, -0.2) is 23.9 Å². The molecule has 2 aromatic carbocycles. The molecule has 0 unspecified atom stereocenters. The predicted octanol–water partition coefficient (Wildman–Crippen LogP) is 5.20. The second-order valence-corrected chi connectivity index (χ2v) is 7.22. The third kappa shape index (κ3) is 7.14. The molecule has 0 aliphatic rings. The highest BCUT2D eigenvalue weighted by atomic mass is 19.4. The minimum Gasteiger partial charge on any atom is -0.457 e. The maximum atomic E-state index is 12.5. The van der Waals surface area contributed by atoms with Gasteiger partial charge in [0.05, 0.1) is 0 Å². The quantitative estimate of drug-likeness (QED) is 0.634. The Bertz CT molecular complexity index is 867. The van der Waals surface area contributed by atoms with E-state index >= 15 is 0 Å². The predicted molar refractivity (Wildman–Crippen MR) is 98.9 cm³/mol. The molecule has 0 bridgehead atoms. The van der Waals surface area contributed by atoms with E-state index in [1.807, 2.05) is 0 Å². The van der Waals surface area contributed by atoms with Gasteiger partial charge in [-0.3, -0.25) is 4.79 Å². The summed E-state index contributed by atoms with van der Waals surface area (Å²) in [6.45, 7) is 6.25. The summed E-state index contributed by atoms with van der Waals surface area (Å²) in [5.41, 5.74) is 0.804. The molecule has 0 spiro atoms. The van der Waals surface area contributed by atoms with Crippen molar-refractivity contribution >= 4 is 11.9 Å². The van der Waals surface area contributed by atoms with Crippen molar-refractivity contribution in [1.29, 1.82) is 0 Å². The Kier molecular flexibility index (Phi) is 6.56. The van der Waals surface area contributed by atoms with E-state index in [9.17, 15) is 22.8 Å². The molecule has 0 aromatic heterocycles. The van der Waals surface area contributed by atoms with E-state index < -0.39 is 30.0 Å². The molecule has 2 rings (SSSR count). The number of rotatable bonds is 5. The average Bonchev–Trinajstić information content (AvgIpc) is 2.57. The van der Waals surface area contributed by atoms with Crippen LogP contribution < -0.4 is 4.74 Å². The van der Waals surface area contributed by atoms with Gasteiger partial charge in [-0.1, -0.05) is 30.3 Å². The van der Waals surface area contributed by atoms with Crippen molar-refractivity contribution in [3.63, 3.8) is 0 Å². The number of ether oxygens (including phenoxy) is 3. The molecule has 0 heterocycles. The number of alkyl halides is 3. The minimum absolute atomic E-state index is 0.344. The first kappa shape index (κ1) is 22.3. The van der Waals surface area contributed by atoms with Crippen LogP contribution in [0.2, 0.25) is 0 Å². The van der Waals surface area contributed by atoms with Crippen LogP contribution in [0.1, 0.15) is 39.4 Å². The zero-order chi connectivity index (χ0) is 21.8. The number of benzene rings is 2. The minimum atomic E-state index is -4.77. The van der Waals surface area contributed by atoms with Gasteiger partial charge in [0.1, 0.15) is 11.4 Å². The first-order chi connectivity index (χ1) is 13.3. The van der Waals surface area contributed by atoms with Gasteiger partial charge in [0.2, 0.25) is 6.10 Å². The maximum absolute atomic E-state index is 12.5. The summed E-state index contributed by atoms with van der Waals surface area (Å²) in [6.07, 6.45) is -6.04. The number of halogens is 3. The maximum Gasteiger partial charge on any atom is 0.573 e. The molecule has 0 radical (unpaired) electrons. The molecule has 5 nitrogen and oxygen atoms in total. The van der Waals surface area contributed by atoms with Gasteiger partial charge in [-0.25, -0.2) is 4.79 Å². The molecule has 0 saturated heterocycles. The van der Waals surface area contributed by atoms with Crippen LogP contribution in [0.5, 0.6) is 5.75 Å². The molecule has 0 fully saturated rings. The van der Waals surface area contributed by atoms with Gasteiger partial charge in [0.15, 0.2) is 0 Å². The lowest BCUT2D eigenvalue weighted by atomic mass is 10.0. The van der Waals surface area contributed by atoms with E-state index in [1.165, 1.54) is 31.2 Å². The first-order valence-electron chi connectivity index (χ1n) is 8.70. The van der Waals surface area contributed by atoms with Crippen molar-refractivity contribution in [2.45, 2.75) is 45.8 Å². The molecule has 0 aliphatic carbocycles. The molecule has 1 atom stereocenters. The van der Waals surface area contributed by atoms with Gasteiger partial charge in [0.25, 0.3) is 0 Å². The number of hydrogen-bond acceptors (Lipinski definition) is 5. The molecular formula is C21H21F3O5. The molecule has 0 saturated carbocycles. The zero-order valence-corrected chi connectivity index (χ0v) is 16.4. The van der Waals surface area contributed by atoms with E-state index in [0.717, 1.165) is 0 Å². The molecule has 2 aromatic rings. The van der Waals surface area contributed by atoms with E-state index in [1.54, 1.807) is 45.0 Å². The van der Waals surface area contributed by atoms with Gasteiger partial charge >= 0.3 is 18.3 Å². The van der Waals surface area contributed by atoms with Crippen molar-refractivity contribution in [2.75, 3.05) is 0 Å². The van der Waals surface area contributed by atoms with E-state index in [0.29, 0.717) is 16.7 Å². The Balaban J connectivity index is 2.31. The van der Waals surface area contributed by atoms with Gasteiger partial charge in [-0.2, -0.15) is 0 Å². The third-order valence-corrected chi connectivity index (χ3v) is 3.52. The second-order valence-electron chi connectivity index (χ2n) is 7.22.